The molecule has 0 bridgehead atoms. The molecule has 0 heterocycles. The van der Waals surface area contributed by atoms with Crippen LogP contribution in [0, 0.1) is 0 Å². The topological polar surface area (TPSA) is 384 Å². The Kier molecular flexibility index (Phi) is 1180. The van der Waals surface area contributed by atoms with Crippen LogP contribution >= 0.6 is 0 Å². The first kappa shape index (κ1) is 152. The minimum Gasteiger partial charge on any atom is -0.907 e. The minimum atomic E-state index is -2.92. The number of hydrogen-bond donors (Lipinski definition) is 0. The number of rotatable bonds is 0. The fourth-order valence-corrected chi connectivity index (χ4v) is 0. The van der Waals surface area contributed by atoms with Gasteiger partial charge in [-0.25, -0.2) is 0 Å². The zero-order valence-electron chi connectivity index (χ0n) is 9.80. The van der Waals surface area contributed by atoms with Gasteiger partial charge in [-0.1, -0.05) is 0 Å². The summed E-state index contributed by atoms with van der Waals surface area (Å²) in [4.78, 5) is 0. The van der Waals surface area contributed by atoms with E-state index < -0.39 is 7.32 Å². The Bertz CT molecular complexity index is 21.4. The third-order valence-electron chi connectivity index (χ3n) is 0. The minimum absolute atomic E-state index is 0. The predicted octanol–water partition coefficient (Wildman–Crippen LogP) is -21.2. The summed E-state index contributed by atoms with van der Waals surface area (Å²) in [6, 6.07) is 0. The molecule has 0 amide bonds. The summed E-state index contributed by atoms with van der Waals surface area (Å²) in [5.74, 6) is 0. The van der Waals surface area contributed by atoms with E-state index in [1.165, 1.54) is 0 Å². The first-order valence-electron chi connectivity index (χ1n) is 0.707. The summed E-state index contributed by atoms with van der Waals surface area (Å²) in [7, 11) is -2.92. The van der Waals surface area contributed by atoms with Crippen LogP contribution in [0.2, 0.25) is 0 Å². The Morgan fingerprint density at radius 1 is 0.353 bits per heavy atom. The molecule has 0 unspecified atom stereocenters. The zero-order valence-corrected chi connectivity index (χ0v) is 24.6. The van der Waals surface area contributed by atoms with Crippen molar-refractivity contribution in [1.82, 2.24) is 0 Å². The smallest absolute Gasteiger partial charge is 0.907 e. The molecule has 0 rings (SSSR count). The molecule has 0 atom stereocenters. The third-order valence-corrected chi connectivity index (χ3v) is 0. The van der Waals surface area contributed by atoms with Gasteiger partial charge >= 0.3 is 175 Å². The van der Waals surface area contributed by atoms with Gasteiger partial charge in [0.15, 0.2) is 0 Å². The molecule has 0 aliphatic rings. The van der Waals surface area contributed by atoms with Crippen molar-refractivity contribution in [2.24, 2.45) is 0 Å². The van der Waals surface area contributed by atoms with Crippen LogP contribution in [0.4, 0.5) is 0 Å². The molecule has 17 heavy (non-hydrogen) atoms. The van der Waals surface area contributed by atoms with Crippen molar-refractivity contribution in [2.75, 3.05) is 0 Å². The van der Waals surface area contributed by atoms with E-state index >= 15 is 0 Å². The predicted molar refractivity (Wildman–Crippen MR) is 41.9 cm³/mol. The fourth-order valence-electron chi connectivity index (χ4n) is 0. The van der Waals surface area contributed by atoms with Gasteiger partial charge in [0.05, 0.1) is 0 Å². The molecule has 0 aromatic carbocycles. The summed E-state index contributed by atoms with van der Waals surface area (Å²) in [6.45, 7) is 0. The van der Waals surface area contributed by atoms with Gasteiger partial charge < -0.3 is 69.8 Å². The summed E-state index contributed by atoms with van der Waals surface area (Å²) >= 11 is 0. The van der Waals surface area contributed by atoms with E-state index in [-0.39, 0.29) is 229 Å². The molecule has 20 N–H and O–H groups in total. The monoisotopic (exact) mass is 494 g/mol. The Morgan fingerprint density at radius 2 is 0.353 bits per heavy atom. The largest absolute Gasteiger partial charge is 1.00 e. The average molecular weight is 495 g/mol. The normalized spacial score (nSPS) is 1.59. The van der Waals surface area contributed by atoms with E-state index in [9.17, 15) is 0 Å². The second-order valence-electron chi connectivity index (χ2n) is 0.289. The van der Waals surface area contributed by atoms with Crippen LogP contribution in [0.5, 0.6) is 0 Å². The summed E-state index contributed by atoms with van der Waals surface area (Å²) in [5, 5.41) is 25.2. The second-order valence-corrected chi connectivity index (χ2v) is 0.289. The molecule has 0 fully saturated rings. The van der Waals surface area contributed by atoms with E-state index in [0.29, 0.717) is 0 Å². The van der Waals surface area contributed by atoms with E-state index in [0.717, 1.165) is 0 Å². The van der Waals surface area contributed by atoms with Gasteiger partial charge in [-0.15, -0.1) is 0 Å². The van der Waals surface area contributed by atoms with Crippen molar-refractivity contribution in [2.45, 2.75) is 0 Å². The first-order valence-corrected chi connectivity index (χ1v) is 0.707. The maximum absolute atomic E-state index is 8.42. The van der Waals surface area contributed by atoms with Crippen LogP contribution < -0.4 is 190 Å². The van der Waals surface area contributed by atoms with Crippen molar-refractivity contribution in [3.05, 3.63) is 0 Å². The molecule has 0 aliphatic carbocycles. The van der Waals surface area contributed by atoms with Gasteiger partial charge in [0, 0.05) is 0 Å². The Hall–Kier alpha value is 4.96. The molecule has 104 valence electrons. The van der Waals surface area contributed by atoms with Crippen molar-refractivity contribution in [3.8, 4) is 0 Å². The molecule has 0 aromatic heterocycles. The van der Waals surface area contributed by atoms with Crippen LogP contribution in [0.3, 0.4) is 0 Å². The van der Waals surface area contributed by atoms with Crippen molar-refractivity contribution < 1.29 is 244 Å². The molecule has 0 saturated heterocycles. The van der Waals surface area contributed by atoms with Gasteiger partial charge in [0.25, 0.3) is 0 Å². The summed E-state index contributed by atoms with van der Waals surface area (Å²) < 4.78 is 0. The quantitative estimate of drug-likeness (QED) is 0.295. The molecular weight excluding hydrogens is 475 g/mol. The van der Waals surface area contributed by atoms with Gasteiger partial charge in [0.1, 0.15) is 0 Å². The van der Waals surface area contributed by atoms with Gasteiger partial charge in [-0.05, 0) is 0 Å². The van der Waals surface area contributed by atoms with E-state index in [1.54, 1.807) is 0 Å². The summed E-state index contributed by atoms with van der Waals surface area (Å²) in [5.41, 5.74) is 0. The molecule has 13 nitrogen and oxygen atoms in total. The third kappa shape index (κ3) is 306. The van der Waals surface area contributed by atoms with Crippen LogP contribution in [0.1, 0.15) is 0 Å². The van der Waals surface area contributed by atoms with Gasteiger partial charge in [-0.2, -0.15) is 0 Å². The van der Waals surface area contributed by atoms with E-state index in [2.05, 4.69) is 0 Å². The molecular formula is H20BO13Rb3. The fraction of sp³-hybridized carbons (Fsp3) is 0. The van der Waals surface area contributed by atoms with Crippen molar-refractivity contribution in [3.63, 3.8) is 0 Å². The maximum atomic E-state index is 8.42. The van der Waals surface area contributed by atoms with Gasteiger partial charge in [-0.3, -0.25) is 7.32 Å². The molecule has 17 heteroatoms. The zero-order chi connectivity index (χ0) is 3.58. The van der Waals surface area contributed by atoms with Crippen LogP contribution in [-0.2, 0) is 0 Å². The van der Waals surface area contributed by atoms with E-state index in [1.807, 2.05) is 0 Å². The van der Waals surface area contributed by atoms with E-state index in [4.69, 9.17) is 15.1 Å². The average Bonchev–Trinajstić information content (AvgIpc) is 0.811. The van der Waals surface area contributed by atoms with Crippen LogP contribution in [0.15, 0.2) is 0 Å². The molecule has 0 aliphatic heterocycles. The first-order chi connectivity index (χ1) is 1.73. The number of hydrogen-bond acceptors (Lipinski definition) is 3. The molecule has 0 aromatic rings. The van der Waals surface area contributed by atoms with Crippen LogP contribution in [0.25, 0.3) is 0 Å². The van der Waals surface area contributed by atoms with Crippen molar-refractivity contribution in [1.29, 1.82) is 0 Å². The van der Waals surface area contributed by atoms with Crippen molar-refractivity contribution >= 4 is 7.32 Å². The molecule has 0 radical (unpaired) electrons. The standard InChI is InChI=1S/BO3.10H2O.3Rb/c2-1(3)4;;;;;;;;;;;;;/h;10*1H2;;;/q-3;;;;;;;;;;;3*+1. The molecule has 0 spiro atoms. The summed E-state index contributed by atoms with van der Waals surface area (Å²) in [6.07, 6.45) is 0. The Balaban J connectivity index is -0.000000000577. The molecule has 0 saturated carbocycles. The second kappa shape index (κ2) is 132. The van der Waals surface area contributed by atoms with Gasteiger partial charge in [0.2, 0.25) is 0 Å². The van der Waals surface area contributed by atoms with Crippen LogP contribution in [-0.4, -0.2) is 62.1 Å². The Labute approximate surface area is 244 Å². The Morgan fingerprint density at radius 3 is 0.353 bits per heavy atom. The maximum Gasteiger partial charge on any atom is 1.00 e. The SMILES string of the molecule is O.O.O.O.O.O.O.O.O.O.[O-]B([O-])[O-].[Rb+].[Rb+].[Rb+].